The Morgan fingerprint density at radius 3 is 2.26 bits per heavy atom. The third-order valence-corrected chi connectivity index (χ3v) is 5.38. The normalized spacial score (nSPS) is 12.1. The Labute approximate surface area is 194 Å². The average Bonchev–Trinajstić information content (AvgIpc) is 3.68. The minimum absolute atomic E-state index is 0.000210. The lowest BCUT2D eigenvalue weighted by atomic mass is 10.0. The smallest absolute Gasteiger partial charge is 0.266 e. The van der Waals surface area contributed by atoms with Crippen LogP contribution in [0.1, 0.15) is 40.9 Å². The molecular formula is C27H23F3N2O2. The van der Waals surface area contributed by atoms with Crippen molar-refractivity contribution in [2.45, 2.75) is 32.7 Å². The number of rotatable bonds is 4. The molecule has 1 amide bonds. The van der Waals surface area contributed by atoms with E-state index in [4.69, 9.17) is 0 Å². The number of nitrogens with one attached hydrogen (secondary N) is 1. The molecule has 0 spiro atoms. The molecule has 4 aromatic rings. The quantitative estimate of drug-likeness (QED) is 0.414. The molecular weight excluding hydrogens is 441 g/mol. The molecule has 174 valence electrons. The number of amides is 1. The van der Waals surface area contributed by atoms with Crippen molar-refractivity contribution in [3.05, 3.63) is 111 Å². The van der Waals surface area contributed by atoms with Crippen LogP contribution in [0, 0.1) is 24.4 Å². The summed E-state index contributed by atoms with van der Waals surface area (Å²) < 4.78 is 43.3. The summed E-state index contributed by atoms with van der Waals surface area (Å²) in [6, 6.07) is 15.8. The molecule has 0 unspecified atom stereocenters. The summed E-state index contributed by atoms with van der Waals surface area (Å²) in [6.07, 6.45) is 4.50. The highest BCUT2D eigenvalue weighted by Crippen LogP contribution is 2.25. The number of benzene rings is 3. The van der Waals surface area contributed by atoms with Gasteiger partial charge in [-0.2, -0.15) is 0 Å². The molecule has 7 heteroatoms. The van der Waals surface area contributed by atoms with Gasteiger partial charge < -0.3 is 5.32 Å². The molecule has 0 radical (unpaired) electrons. The maximum atomic E-state index is 14.6. The van der Waals surface area contributed by atoms with Gasteiger partial charge in [-0.15, -0.1) is 0 Å². The summed E-state index contributed by atoms with van der Waals surface area (Å²) in [6.45, 7) is 1.54. The standard InChI is InChI=1S/C24H17F3N2O2.C3H6/c1-14-21(23(30)28-13-15-6-5-7-16(25)10-15)19-11-17(26)12-20(27)22(19)24(31)29(14)18-8-3-2-4-9-18;1-2-3-1/h2-12H,13H2,1H3,(H,28,30);1-3H2. The number of halogens is 3. The monoisotopic (exact) mass is 464 g/mol. The van der Waals surface area contributed by atoms with E-state index in [2.05, 4.69) is 5.32 Å². The number of aromatic nitrogens is 1. The second-order valence-corrected chi connectivity index (χ2v) is 8.12. The zero-order valence-corrected chi connectivity index (χ0v) is 18.6. The minimum Gasteiger partial charge on any atom is -0.348 e. The predicted octanol–water partition coefficient (Wildman–Crippen LogP) is 5.82. The van der Waals surface area contributed by atoms with Crippen LogP contribution in [0.15, 0.2) is 71.5 Å². The van der Waals surface area contributed by atoms with Gasteiger partial charge in [0.05, 0.1) is 10.9 Å². The second-order valence-electron chi connectivity index (χ2n) is 8.12. The number of nitrogens with zero attached hydrogens (tertiary/aromatic N) is 1. The van der Waals surface area contributed by atoms with Gasteiger partial charge in [-0.3, -0.25) is 14.2 Å². The number of hydrogen-bond donors (Lipinski definition) is 1. The molecule has 0 bridgehead atoms. The Morgan fingerprint density at radius 2 is 1.62 bits per heavy atom. The fourth-order valence-electron chi connectivity index (χ4n) is 3.65. The van der Waals surface area contributed by atoms with Crippen molar-refractivity contribution >= 4 is 16.7 Å². The van der Waals surface area contributed by atoms with Crippen LogP contribution in [0.5, 0.6) is 0 Å². The number of hydrogen-bond acceptors (Lipinski definition) is 2. The SMILES string of the molecule is C1CC1.Cc1c(C(=O)NCc2cccc(F)c2)c2cc(F)cc(F)c2c(=O)n1-c1ccccc1. The van der Waals surface area contributed by atoms with Crippen LogP contribution >= 0.6 is 0 Å². The number of pyridine rings is 1. The Kier molecular flexibility index (Phi) is 6.82. The maximum Gasteiger partial charge on any atom is 0.266 e. The molecule has 34 heavy (non-hydrogen) atoms. The van der Waals surface area contributed by atoms with Crippen molar-refractivity contribution in [2.24, 2.45) is 0 Å². The molecule has 0 saturated heterocycles. The highest BCUT2D eigenvalue weighted by atomic mass is 19.1. The molecule has 0 aliphatic heterocycles. The van der Waals surface area contributed by atoms with Crippen molar-refractivity contribution < 1.29 is 18.0 Å². The zero-order chi connectivity index (χ0) is 24.2. The van der Waals surface area contributed by atoms with Gasteiger partial charge in [-0.1, -0.05) is 49.6 Å². The molecule has 1 aliphatic carbocycles. The van der Waals surface area contributed by atoms with Crippen LogP contribution in [0.2, 0.25) is 0 Å². The zero-order valence-electron chi connectivity index (χ0n) is 18.6. The first-order valence-electron chi connectivity index (χ1n) is 11.0. The Bertz CT molecular complexity index is 1410. The first-order chi connectivity index (χ1) is 16.4. The van der Waals surface area contributed by atoms with E-state index in [1.165, 1.54) is 49.0 Å². The van der Waals surface area contributed by atoms with Crippen LogP contribution in [0.3, 0.4) is 0 Å². The first kappa shape index (κ1) is 23.3. The summed E-state index contributed by atoms with van der Waals surface area (Å²) in [4.78, 5) is 26.2. The summed E-state index contributed by atoms with van der Waals surface area (Å²) >= 11 is 0. The van der Waals surface area contributed by atoms with Crippen LogP contribution in [0.25, 0.3) is 16.5 Å². The van der Waals surface area contributed by atoms with E-state index in [9.17, 15) is 22.8 Å². The summed E-state index contributed by atoms with van der Waals surface area (Å²) in [5, 5.41) is 2.14. The van der Waals surface area contributed by atoms with Gasteiger partial charge in [0.25, 0.3) is 11.5 Å². The van der Waals surface area contributed by atoms with E-state index in [1.54, 1.807) is 36.4 Å². The highest BCUT2D eigenvalue weighted by Gasteiger charge is 2.23. The molecule has 4 nitrogen and oxygen atoms in total. The van der Waals surface area contributed by atoms with Crippen molar-refractivity contribution in [1.29, 1.82) is 0 Å². The minimum atomic E-state index is -1.05. The van der Waals surface area contributed by atoms with Crippen molar-refractivity contribution in [1.82, 2.24) is 9.88 Å². The van der Waals surface area contributed by atoms with Crippen LogP contribution in [0.4, 0.5) is 13.2 Å². The number of fused-ring (bicyclic) bond motifs is 1. The van der Waals surface area contributed by atoms with Crippen molar-refractivity contribution in [2.75, 3.05) is 0 Å². The van der Waals surface area contributed by atoms with Crippen molar-refractivity contribution in [3.8, 4) is 5.69 Å². The Morgan fingerprint density at radius 1 is 0.912 bits per heavy atom. The largest absolute Gasteiger partial charge is 0.348 e. The summed E-state index contributed by atoms with van der Waals surface area (Å²) in [5.74, 6) is -3.04. The fourth-order valence-corrected chi connectivity index (χ4v) is 3.65. The maximum absolute atomic E-state index is 14.6. The lowest BCUT2D eigenvalue weighted by Gasteiger charge is -2.17. The molecule has 1 N–H and O–H groups in total. The molecule has 5 rings (SSSR count). The Hall–Kier alpha value is -3.87. The third kappa shape index (κ3) is 5.03. The first-order valence-corrected chi connectivity index (χ1v) is 11.0. The van der Waals surface area contributed by atoms with E-state index in [-0.39, 0.29) is 28.6 Å². The highest BCUT2D eigenvalue weighted by molar-refractivity contribution is 6.08. The molecule has 1 aromatic heterocycles. The van der Waals surface area contributed by atoms with Gasteiger partial charge in [-0.05, 0) is 42.8 Å². The van der Waals surface area contributed by atoms with E-state index < -0.39 is 28.9 Å². The lowest BCUT2D eigenvalue weighted by Crippen LogP contribution is -2.30. The van der Waals surface area contributed by atoms with Crippen LogP contribution in [-0.2, 0) is 6.54 Å². The number of para-hydroxylation sites is 1. The van der Waals surface area contributed by atoms with Crippen LogP contribution < -0.4 is 10.9 Å². The van der Waals surface area contributed by atoms with Gasteiger partial charge >= 0.3 is 0 Å². The van der Waals surface area contributed by atoms with Crippen molar-refractivity contribution in [3.63, 3.8) is 0 Å². The topological polar surface area (TPSA) is 51.1 Å². The average molecular weight is 464 g/mol. The molecule has 0 atom stereocenters. The van der Waals surface area contributed by atoms with Gasteiger partial charge in [0.2, 0.25) is 0 Å². The molecule has 1 aliphatic rings. The van der Waals surface area contributed by atoms with Gasteiger partial charge in [0.1, 0.15) is 17.5 Å². The Balaban J connectivity index is 0.000000846. The predicted molar refractivity (Wildman–Crippen MR) is 126 cm³/mol. The number of carbonyl (C=O) groups is 1. The lowest BCUT2D eigenvalue weighted by molar-refractivity contribution is 0.0951. The van der Waals surface area contributed by atoms with Gasteiger partial charge in [0.15, 0.2) is 0 Å². The third-order valence-electron chi connectivity index (χ3n) is 5.38. The molecule has 1 fully saturated rings. The van der Waals surface area contributed by atoms with Gasteiger partial charge in [0, 0.05) is 29.4 Å². The molecule has 3 aromatic carbocycles. The number of carbonyl (C=O) groups excluding carboxylic acids is 1. The summed E-state index contributed by atoms with van der Waals surface area (Å²) in [5.41, 5.74) is 0.454. The van der Waals surface area contributed by atoms with E-state index >= 15 is 0 Å². The van der Waals surface area contributed by atoms with E-state index in [0.717, 1.165) is 6.07 Å². The molecule has 1 saturated carbocycles. The van der Waals surface area contributed by atoms with Gasteiger partial charge in [-0.25, -0.2) is 13.2 Å². The van der Waals surface area contributed by atoms with E-state index in [1.807, 2.05) is 0 Å². The van der Waals surface area contributed by atoms with Crippen LogP contribution in [-0.4, -0.2) is 10.5 Å². The summed E-state index contributed by atoms with van der Waals surface area (Å²) in [7, 11) is 0. The second kappa shape index (κ2) is 9.95. The van der Waals surface area contributed by atoms with E-state index in [0.29, 0.717) is 17.3 Å². The fraction of sp³-hybridized carbons (Fsp3) is 0.185. The molecule has 1 heterocycles.